The molecule has 3 aromatic carbocycles. The van der Waals surface area contributed by atoms with E-state index < -0.39 is 35.6 Å². The van der Waals surface area contributed by atoms with E-state index >= 15 is 4.39 Å². The molecule has 2 aliphatic rings. The maximum atomic E-state index is 15.2. The molecule has 12 heteroatoms. The van der Waals surface area contributed by atoms with E-state index in [1.165, 1.54) is 24.3 Å². The van der Waals surface area contributed by atoms with Crippen molar-refractivity contribution in [2.24, 2.45) is 0 Å². The number of halogens is 1. The number of nitrogens with zero attached hydrogens (tertiary/aromatic N) is 4. The van der Waals surface area contributed by atoms with Gasteiger partial charge in [-0.25, -0.2) is 9.37 Å². The first kappa shape index (κ1) is 30.9. The highest BCUT2D eigenvalue weighted by molar-refractivity contribution is 6.24. The van der Waals surface area contributed by atoms with Gasteiger partial charge in [0.05, 0.1) is 16.6 Å². The van der Waals surface area contributed by atoms with Crippen LogP contribution in [0.4, 0.5) is 4.39 Å². The van der Waals surface area contributed by atoms with Crippen molar-refractivity contribution in [3.8, 4) is 0 Å². The lowest BCUT2D eigenvalue weighted by atomic mass is 10.0. The maximum absolute atomic E-state index is 15.2. The number of imide groups is 2. The van der Waals surface area contributed by atoms with Crippen LogP contribution in [0, 0.1) is 5.82 Å². The van der Waals surface area contributed by atoms with Crippen molar-refractivity contribution in [3.63, 3.8) is 0 Å². The van der Waals surface area contributed by atoms with E-state index in [0.29, 0.717) is 30.8 Å². The van der Waals surface area contributed by atoms with Crippen LogP contribution in [0.15, 0.2) is 79.0 Å². The Morgan fingerprint density at radius 3 is 2.58 bits per heavy atom. The van der Waals surface area contributed by atoms with Gasteiger partial charge in [-0.05, 0) is 61.5 Å². The molecule has 2 aromatic heterocycles. The van der Waals surface area contributed by atoms with Crippen molar-refractivity contribution in [1.29, 1.82) is 0 Å². The van der Waals surface area contributed by atoms with E-state index in [9.17, 15) is 24.0 Å². The number of pyridine rings is 1. The van der Waals surface area contributed by atoms with Crippen LogP contribution in [0.1, 0.15) is 55.0 Å². The van der Waals surface area contributed by atoms with Crippen LogP contribution in [0.5, 0.6) is 0 Å². The molecule has 5 aromatic rings. The molecule has 0 radical (unpaired) electrons. The number of fused-ring (bicyclic) bond motifs is 4. The summed E-state index contributed by atoms with van der Waals surface area (Å²) in [5, 5.41) is 7.13. The molecule has 0 spiro atoms. The molecule has 0 saturated carbocycles. The Morgan fingerprint density at radius 1 is 0.979 bits per heavy atom. The van der Waals surface area contributed by atoms with Crippen LogP contribution in [0.25, 0.3) is 21.9 Å². The summed E-state index contributed by atoms with van der Waals surface area (Å²) in [5.74, 6) is -3.42. The minimum Gasteiger partial charge on any atom is -0.348 e. The summed E-state index contributed by atoms with van der Waals surface area (Å²) in [6.07, 6.45) is 1.83. The summed E-state index contributed by atoms with van der Waals surface area (Å²) in [7, 11) is 1.94. The molecule has 7 rings (SSSR count). The number of benzene rings is 3. The van der Waals surface area contributed by atoms with Gasteiger partial charge in [-0.3, -0.25) is 34.2 Å². The van der Waals surface area contributed by atoms with E-state index in [0.717, 1.165) is 26.8 Å². The predicted octanol–water partition coefficient (Wildman–Crippen LogP) is 3.79. The second-order valence-electron chi connectivity index (χ2n) is 12.1. The molecule has 1 saturated heterocycles. The number of rotatable bonds is 9. The summed E-state index contributed by atoms with van der Waals surface area (Å²) in [6.45, 7) is 1.78. The lowest BCUT2D eigenvalue weighted by Gasteiger charge is -2.27. The Balaban J connectivity index is 0.965. The number of carbonyl (C=O) groups excluding carboxylic acids is 5. The van der Waals surface area contributed by atoms with Crippen LogP contribution >= 0.6 is 0 Å². The van der Waals surface area contributed by atoms with Gasteiger partial charge in [-0.1, -0.05) is 30.3 Å². The molecule has 5 amide bonds. The summed E-state index contributed by atoms with van der Waals surface area (Å²) >= 11 is 0. The smallest absolute Gasteiger partial charge is 0.262 e. The summed E-state index contributed by atoms with van der Waals surface area (Å²) in [4.78, 5) is 70.3. The number of aromatic nitrogens is 2. The normalized spacial score (nSPS) is 16.2. The van der Waals surface area contributed by atoms with E-state index in [1.807, 2.05) is 30.1 Å². The third-order valence-electron chi connectivity index (χ3n) is 8.95. The standard InChI is InChI=1S/C36H31FN6O5/c1-41(15-16-42-29-7-3-2-5-24(29)25-6-4-14-38-32(25)42)20-23-9-8-21(17-28(23)37)19-39-33(45)22-10-11-26-27(18-22)36(48)43(35(26)47)30-12-13-31(44)40-34(30)46/h2-11,14,17-18,30H,12-13,15-16,19-20H2,1H3,(H,39,45)(H,40,44,46). The zero-order chi connectivity index (χ0) is 33.5. The van der Waals surface area contributed by atoms with Crippen LogP contribution in [0.3, 0.4) is 0 Å². The SMILES string of the molecule is CN(CCn1c2ccccc2c2cccnc21)Cc1ccc(CNC(=O)c2ccc3c(c2)C(=O)N(C2CCC(=O)NC2=O)C3=O)cc1F. The Hall–Kier alpha value is -5.75. The number of hydrogen-bond donors (Lipinski definition) is 2. The highest BCUT2D eigenvalue weighted by Gasteiger charge is 2.44. The second-order valence-corrected chi connectivity index (χ2v) is 12.1. The molecule has 0 aliphatic carbocycles. The Kier molecular flexibility index (Phi) is 8.01. The number of likely N-dealkylation sites (N-methyl/N-ethyl adjacent to an activating group) is 1. The Morgan fingerprint density at radius 2 is 1.77 bits per heavy atom. The molecular weight excluding hydrogens is 615 g/mol. The molecule has 1 unspecified atom stereocenters. The first-order chi connectivity index (χ1) is 23.2. The molecule has 1 atom stereocenters. The van der Waals surface area contributed by atoms with Gasteiger partial charge in [0.2, 0.25) is 11.8 Å². The lowest BCUT2D eigenvalue weighted by Crippen LogP contribution is -2.54. The largest absolute Gasteiger partial charge is 0.348 e. The van der Waals surface area contributed by atoms with E-state index in [2.05, 4.69) is 38.4 Å². The van der Waals surface area contributed by atoms with Gasteiger partial charge in [0.15, 0.2) is 0 Å². The Bertz CT molecular complexity index is 2110. The lowest BCUT2D eigenvalue weighted by molar-refractivity contribution is -0.136. The van der Waals surface area contributed by atoms with Gasteiger partial charge in [-0.2, -0.15) is 0 Å². The van der Waals surface area contributed by atoms with Crippen LogP contribution in [-0.4, -0.2) is 68.5 Å². The van der Waals surface area contributed by atoms with Crippen molar-refractivity contribution in [3.05, 3.63) is 113 Å². The molecule has 1 fully saturated rings. The predicted molar refractivity (Wildman–Crippen MR) is 174 cm³/mol. The highest BCUT2D eigenvalue weighted by atomic mass is 19.1. The number of carbonyl (C=O) groups is 5. The number of nitrogens with one attached hydrogen (secondary N) is 2. The molecule has 4 heterocycles. The van der Waals surface area contributed by atoms with E-state index in [4.69, 9.17) is 0 Å². The number of piperidine rings is 1. The second kappa shape index (κ2) is 12.5. The average molecular weight is 647 g/mol. The third kappa shape index (κ3) is 5.60. The monoisotopic (exact) mass is 646 g/mol. The molecule has 242 valence electrons. The van der Waals surface area contributed by atoms with Crippen molar-refractivity contribution < 1.29 is 28.4 Å². The molecule has 2 aliphatic heterocycles. The quantitative estimate of drug-likeness (QED) is 0.233. The summed E-state index contributed by atoms with van der Waals surface area (Å²) in [6, 6.07) is 20.1. The van der Waals surface area contributed by atoms with Crippen molar-refractivity contribution >= 4 is 51.5 Å². The summed E-state index contributed by atoms with van der Waals surface area (Å²) < 4.78 is 17.4. The van der Waals surface area contributed by atoms with E-state index in [-0.39, 0.29) is 41.9 Å². The Labute approximate surface area is 274 Å². The van der Waals surface area contributed by atoms with Gasteiger partial charge in [0.25, 0.3) is 17.7 Å². The van der Waals surface area contributed by atoms with Crippen LogP contribution in [0.2, 0.25) is 0 Å². The molecule has 0 bridgehead atoms. The number of hydrogen-bond acceptors (Lipinski definition) is 7. The van der Waals surface area contributed by atoms with E-state index in [1.54, 1.807) is 18.3 Å². The minimum absolute atomic E-state index is 0.00581. The maximum Gasteiger partial charge on any atom is 0.262 e. The number of amides is 5. The van der Waals surface area contributed by atoms with Crippen LogP contribution < -0.4 is 10.6 Å². The van der Waals surface area contributed by atoms with Gasteiger partial charge in [-0.15, -0.1) is 0 Å². The fourth-order valence-corrected chi connectivity index (χ4v) is 6.47. The highest BCUT2D eigenvalue weighted by Crippen LogP contribution is 2.29. The topological polar surface area (TPSA) is 134 Å². The van der Waals surface area contributed by atoms with Crippen molar-refractivity contribution in [1.82, 2.24) is 30.0 Å². The zero-order valence-electron chi connectivity index (χ0n) is 26.0. The molecular formula is C36H31FN6O5. The molecule has 11 nitrogen and oxygen atoms in total. The average Bonchev–Trinajstić information content (AvgIpc) is 3.54. The first-order valence-corrected chi connectivity index (χ1v) is 15.6. The number of para-hydroxylation sites is 1. The zero-order valence-corrected chi connectivity index (χ0v) is 26.0. The molecule has 48 heavy (non-hydrogen) atoms. The summed E-state index contributed by atoms with van der Waals surface area (Å²) in [5.41, 5.74) is 3.32. The van der Waals surface area contributed by atoms with Gasteiger partial charge in [0, 0.05) is 60.7 Å². The van der Waals surface area contributed by atoms with Gasteiger partial charge >= 0.3 is 0 Å². The minimum atomic E-state index is -1.09. The van der Waals surface area contributed by atoms with Gasteiger partial charge < -0.3 is 14.8 Å². The third-order valence-corrected chi connectivity index (χ3v) is 8.95. The van der Waals surface area contributed by atoms with Crippen molar-refractivity contribution in [2.45, 2.75) is 38.5 Å². The fourth-order valence-electron chi connectivity index (χ4n) is 6.47. The molecule has 2 N–H and O–H groups in total. The fraction of sp³-hybridized carbons (Fsp3) is 0.222. The van der Waals surface area contributed by atoms with Crippen molar-refractivity contribution in [2.75, 3.05) is 13.6 Å². The first-order valence-electron chi connectivity index (χ1n) is 15.6. The van der Waals surface area contributed by atoms with Gasteiger partial charge in [0.1, 0.15) is 17.5 Å². The van der Waals surface area contributed by atoms with Crippen LogP contribution in [-0.2, 0) is 29.2 Å².